The van der Waals surface area contributed by atoms with Gasteiger partial charge in [-0.1, -0.05) is 18.7 Å². The van der Waals surface area contributed by atoms with Gasteiger partial charge in [-0.05, 0) is 65.8 Å². The Hall–Kier alpha value is -2.45. The van der Waals surface area contributed by atoms with E-state index in [2.05, 4.69) is 11.9 Å². The minimum atomic E-state index is -5.28. The minimum Gasteiger partial charge on any atom is -0.493 e. The zero-order valence-electron chi connectivity index (χ0n) is 15.7. The second-order valence-corrected chi connectivity index (χ2v) is 7.93. The summed E-state index contributed by atoms with van der Waals surface area (Å²) < 4.78 is 44.9. The molecule has 0 saturated carbocycles. The first-order valence-corrected chi connectivity index (χ1v) is 10.5. The van der Waals surface area contributed by atoms with Crippen molar-refractivity contribution >= 4 is 17.1 Å². The number of nitrogens with one attached hydrogen (secondary N) is 1. The van der Waals surface area contributed by atoms with E-state index in [-0.39, 0.29) is 19.1 Å². The lowest BCUT2D eigenvalue weighted by molar-refractivity contribution is -0.116. The third-order valence-electron chi connectivity index (χ3n) is 4.84. The van der Waals surface area contributed by atoms with Gasteiger partial charge in [0.05, 0.1) is 11.5 Å². The topological polar surface area (TPSA) is 58.6 Å². The van der Waals surface area contributed by atoms with Crippen molar-refractivity contribution in [2.45, 2.75) is 30.7 Å². The molecular weight excluding hydrogens is 403 g/mol. The predicted molar refractivity (Wildman–Crippen MR) is 108 cm³/mol. The summed E-state index contributed by atoms with van der Waals surface area (Å²) in [6, 6.07) is 6.89. The van der Waals surface area contributed by atoms with Crippen LogP contribution in [0.2, 0.25) is 0 Å². The van der Waals surface area contributed by atoms with Crippen LogP contribution in [0.4, 0.5) is 11.7 Å². The number of ether oxygens (including phenoxy) is 1. The first-order chi connectivity index (χ1) is 13.8. The lowest BCUT2D eigenvalue weighted by Gasteiger charge is -2.26. The largest absolute Gasteiger partial charge is 0.493 e. The number of hydrogen-bond acceptors (Lipinski definition) is 3. The van der Waals surface area contributed by atoms with Crippen molar-refractivity contribution in [1.82, 2.24) is 5.32 Å². The molecule has 8 heteroatoms. The maximum atomic E-state index is 13.0. The molecule has 0 aliphatic carbocycles. The Balaban J connectivity index is 2.10. The van der Waals surface area contributed by atoms with Crippen molar-refractivity contribution in [1.29, 1.82) is 0 Å². The van der Waals surface area contributed by atoms with Gasteiger partial charge >= 0.3 is 0 Å². The van der Waals surface area contributed by atoms with Gasteiger partial charge in [-0.25, -0.2) is 0 Å². The van der Waals surface area contributed by atoms with Crippen molar-refractivity contribution in [3.05, 3.63) is 59.7 Å². The number of rotatable bonds is 7. The fraction of sp³-hybridized carbons (Fsp3) is 0.286. The predicted octanol–water partition coefficient (Wildman–Crippen LogP) is 4.83. The highest BCUT2D eigenvalue weighted by Gasteiger charge is 2.26. The summed E-state index contributed by atoms with van der Waals surface area (Å²) in [5, 5.41) is 12.3. The Bertz CT molecular complexity index is 911. The molecule has 156 valence electrons. The second kappa shape index (κ2) is 8.92. The Morgan fingerprint density at radius 2 is 2.00 bits per heavy atom. The monoisotopic (exact) mass is 425 g/mol. The maximum absolute atomic E-state index is 13.0. The van der Waals surface area contributed by atoms with Crippen molar-refractivity contribution in [3.8, 4) is 16.9 Å². The highest BCUT2D eigenvalue weighted by Crippen LogP contribution is 2.60. The second-order valence-electron chi connectivity index (χ2n) is 6.65. The van der Waals surface area contributed by atoms with E-state index in [4.69, 9.17) is 4.74 Å². The van der Waals surface area contributed by atoms with Crippen LogP contribution in [0, 0.1) is 0 Å². The lowest BCUT2D eigenvalue weighted by Crippen LogP contribution is -2.22. The van der Waals surface area contributed by atoms with E-state index in [0.717, 1.165) is 41.7 Å². The summed E-state index contributed by atoms with van der Waals surface area (Å²) in [6.07, 6.45) is 3.13. The number of fused-ring (bicyclic) bond motifs is 1. The highest BCUT2D eigenvalue weighted by atomic mass is 32.3. The van der Waals surface area contributed by atoms with Gasteiger partial charge in [-0.3, -0.25) is 4.79 Å². The molecule has 0 bridgehead atoms. The summed E-state index contributed by atoms with van der Waals surface area (Å²) in [5.74, 6) is 0.318. The van der Waals surface area contributed by atoms with Crippen LogP contribution in [0.5, 0.6) is 5.75 Å². The standard InChI is InChI=1S/C21H22F3NO3S/c1-2-20(27)25-13-15-12-19(14-5-7-16(8-6-14)29(22,23)24)21-18(4-3-11-28-21)17(15)9-10-26/h2,5-8,12,26H,1,3-4,9-11,13H2,(H,25,27). The summed E-state index contributed by atoms with van der Waals surface area (Å²) in [5.41, 5.74) is 3.96. The smallest absolute Gasteiger partial charge is 0.243 e. The molecule has 1 amide bonds. The molecule has 29 heavy (non-hydrogen) atoms. The zero-order valence-corrected chi connectivity index (χ0v) is 16.5. The Kier molecular flexibility index (Phi) is 6.54. The molecule has 1 heterocycles. The Morgan fingerprint density at radius 3 is 2.62 bits per heavy atom. The number of aliphatic hydroxyl groups excluding tert-OH is 1. The van der Waals surface area contributed by atoms with Gasteiger partial charge in [-0.2, -0.15) is 0 Å². The first kappa shape index (κ1) is 21.3. The van der Waals surface area contributed by atoms with E-state index in [0.29, 0.717) is 29.9 Å². The molecule has 4 nitrogen and oxygen atoms in total. The summed E-state index contributed by atoms with van der Waals surface area (Å²) in [6.45, 7) is 4.13. The fourth-order valence-electron chi connectivity index (χ4n) is 3.51. The molecule has 1 aliphatic rings. The lowest BCUT2D eigenvalue weighted by atomic mass is 9.88. The molecule has 0 fully saturated rings. The molecule has 0 unspecified atom stereocenters. The van der Waals surface area contributed by atoms with Crippen molar-refractivity contribution in [3.63, 3.8) is 0 Å². The van der Waals surface area contributed by atoms with E-state index in [1.54, 1.807) is 0 Å². The molecule has 0 spiro atoms. The molecule has 0 aromatic heterocycles. The van der Waals surface area contributed by atoms with Crippen molar-refractivity contribution in [2.75, 3.05) is 13.2 Å². The molecule has 2 aromatic carbocycles. The van der Waals surface area contributed by atoms with E-state index in [9.17, 15) is 21.6 Å². The third-order valence-corrected chi connectivity index (χ3v) is 5.65. The SMILES string of the molecule is C=CC(=O)NCc1cc(-c2ccc(S(F)(F)F)cc2)c2c(c1CCO)CCCO2. The van der Waals surface area contributed by atoms with E-state index in [1.807, 2.05) is 6.07 Å². The summed E-state index contributed by atoms with van der Waals surface area (Å²) in [4.78, 5) is 11.0. The van der Waals surface area contributed by atoms with Gasteiger partial charge in [-0.15, -0.1) is 11.7 Å². The minimum absolute atomic E-state index is 0.0583. The molecule has 0 radical (unpaired) electrons. The third kappa shape index (κ3) is 4.76. The van der Waals surface area contributed by atoms with Crippen LogP contribution in [-0.4, -0.2) is 24.2 Å². The number of aliphatic hydroxyl groups is 1. The normalized spacial score (nSPS) is 13.9. The van der Waals surface area contributed by atoms with Gasteiger partial charge in [0.15, 0.2) is 0 Å². The van der Waals surface area contributed by atoms with Crippen molar-refractivity contribution in [2.24, 2.45) is 0 Å². The summed E-state index contributed by atoms with van der Waals surface area (Å²) >= 11 is -5.28. The van der Waals surface area contributed by atoms with Gasteiger partial charge in [0.1, 0.15) is 5.75 Å². The molecule has 2 N–H and O–H groups in total. The number of halogens is 3. The number of benzene rings is 2. The first-order valence-electron chi connectivity index (χ1n) is 9.19. The van der Waals surface area contributed by atoms with E-state index >= 15 is 0 Å². The average molecular weight is 425 g/mol. The highest BCUT2D eigenvalue weighted by molar-refractivity contribution is 8.20. The van der Waals surface area contributed by atoms with Crippen LogP contribution in [0.1, 0.15) is 23.1 Å². The quantitative estimate of drug-likeness (QED) is 0.625. The molecule has 0 saturated heterocycles. The van der Waals surface area contributed by atoms with Crippen LogP contribution in [-0.2, 0) is 24.2 Å². The molecule has 1 aliphatic heterocycles. The van der Waals surface area contributed by atoms with E-state index in [1.165, 1.54) is 18.2 Å². The maximum Gasteiger partial charge on any atom is 0.243 e. The number of carbonyl (C=O) groups is 1. The van der Waals surface area contributed by atoms with Gasteiger partial charge in [0.25, 0.3) is 0 Å². The average Bonchev–Trinajstić information content (AvgIpc) is 2.72. The van der Waals surface area contributed by atoms with Gasteiger partial charge < -0.3 is 15.2 Å². The number of amides is 1. The van der Waals surface area contributed by atoms with Crippen molar-refractivity contribution < 1.29 is 26.3 Å². The van der Waals surface area contributed by atoms with Crippen LogP contribution in [0.3, 0.4) is 0 Å². The van der Waals surface area contributed by atoms with Crippen LogP contribution >= 0.6 is 11.2 Å². The van der Waals surface area contributed by atoms with Gasteiger partial charge in [0, 0.05) is 18.7 Å². The summed E-state index contributed by atoms with van der Waals surface area (Å²) in [7, 11) is 0. The Labute approximate surface area is 169 Å². The zero-order chi connectivity index (χ0) is 21.0. The Morgan fingerprint density at radius 1 is 1.28 bits per heavy atom. The number of carbonyl (C=O) groups excluding carboxylic acids is 1. The number of hydrogen-bond donors (Lipinski definition) is 2. The molecule has 2 aromatic rings. The van der Waals surface area contributed by atoms with Crippen LogP contribution in [0.15, 0.2) is 47.9 Å². The van der Waals surface area contributed by atoms with Gasteiger partial charge in [0.2, 0.25) is 17.1 Å². The molecular formula is C21H22F3NO3S. The van der Waals surface area contributed by atoms with Crippen LogP contribution in [0.25, 0.3) is 11.1 Å². The van der Waals surface area contributed by atoms with Crippen LogP contribution < -0.4 is 10.1 Å². The fourth-order valence-corrected chi connectivity index (χ4v) is 3.96. The molecule has 3 rings (SSSR count). The molecule has 0 atom stereocenters. The van der Waals surface area contributed by atoms with E-state index < -0.39 is 16.1 Å².